The first-order chi connectivity index (χ1) is 15.3. The van der Waals surface area contributed by atoms with Gasteiger partial charge in [0, 0.05) is 42.3 Å². The van der Waals surface area contributed by atoms with Crippen molar-refractivity contribution in [2.75, 3.05) is 31.1 Å². The molecule has 1 aliphatic heterocycles. The van der Waals surface area contributed by atoms with Gasteiger partial charge in [-0.2, -0.15) is 4.31 Å². The number of rotatable bonds is 6. The fourth-order valence-corrected chi connectivity index (χ4v) is 5.73. The topological polar surface area (TPSA) is 83.5 Å². The van der Waals surface area contributed by atoms with Crippen molar-refractivity contribution in [3.63, 3.8) is 0 Å². The van der Waals surface area contributed by atoms with Crippen molar-refractivity contribution in [3.8, 4) is 0 Å². The van der Waals surface area contributed by atoms with E-state index in [0.717, 1.165) is 15.6 Å². The molecule has 3 aromatic rings. The molecule has 166 valence electrons. The number of nitrogens with zero attached hydrogens (tertiary/aromatic N) is 4. The molecule has 32 heavy (non-hydrogen) atoms. The Morgan fingerprint density at radius 2 is 1.56 bits per heavy atom. The number of anilines is 1. The molecule has 0 aliphatic carbocycles. The Labute approximate surface area is 192 Å². The van der Waals surface area contributed by atoms with E-state index in [-0.39, 0.29) is 4.90 Å². The van der Waals surface area contributed by atoms with Crippen molar-refractivity contribution in [2.45, 2.75) is 28.7 Å². The highest BCUT2D eigenvalue weighted by Crippen LogP contribution is 2.28. The van der Waals surface area contributed by atoms with Crippen LogP contribution < -0.4 is 4.90 Å². The zero-order valence-electron chi connectivity index (χ0n) is 17.9. The maximum absolute atomic E-state index is 12.9. The van der Waals surface area contributed by atoms with Crippen molar-refractivity contribution >= 4 is 34.0 Å². The molecular weight excluding hydrogens is 444 g/mol. The molecule has 1 saturated heterocycles. The minimum Gasteiger partial charge on any atom is -0.338 e. The van der Waals surface area contributed by atoms with E-state index in [2.05, 4.69) is 36.2 Å². The molecule has 0 amide bonds. The van der Waals surface area contributed by atoms with Crippen LogP contribution in [0.15, 0.2) is 69.4 Å². The van der Waals surface area contributed by atoms with Gasteiger partial charge in [0.25, 0.3) is 0 Å². The van der Waals surface area contributed by atoms with Crippen LogP contribution in [0.5, 0.6) is 0 Å². The highest BCUT2D eigenvalue weighted by molar-refractivity contribution is 7.99. The lowest BCUT2D eigenvalue weighted by molar-refractivity contribution is 0.112. The van der Waals surface area contributed by atoms with Crippen molar-refractivity contribution in [3.05, 3.63) is 71.4 Å². The zero-order chi connectivity index (χ0) is 22.7. The number of benzene rings is 2. The standard InChI is InChI=1S/C23H24N4O3S2/c1-17-3-7-20(8-4-17)31-22-15-18(2)24-23(25-22)26-11-13-27(14-12-26)32(29,30)21-9-5-19(16-28)6-10-21/h3-10,15-16H,11-14H2,1-2H3. The SMILES string of the molecule is Cc1ccc(Sc2cc(C)nc(N3CCN(S(=O)(=O)c4ccc(C=O)cc4)CC3)n2)cc1. The van der Waals surface area contributed by atoms with Crippen molar-refractivity contribution in [2.24, 2.45) is 0 Å². The number of hydrogen-bond donors (Lipinski definition) is 0. The van der Waals surface area contributed by atoms with Gasteiger partial charge in [0.05, 0.1) is 4.90 Å². The average molecular weight is 469 g/mol. The highest BCUT2D eigenvalue weighted by Gasteiger charge is 2.29. The lowest BCUT2D eigenvalue weighted by Gasteiger charge is -2.34. The second-order valence-corrected chi connectivity index (χ2v) is 10.7. The fourth-order valence-electron chi connectivity index (χ4n) is 3.44. The van der Waals surface area contributed by atoms with Crippen LogP contribution in [0.2, 0.25) is 0 Å². The molecule has 0 radical (unpaired) electrons. The average Bonchev–Trinajstić information content (AvgIpc) is 2.80. The third kappa shape index (κ3) is 5.01. The maximum atomic E-state index is 12.9. The molecule has 0 unspecified atom stereocenters. The molecule has 0 atom stereocenters. The van der Waals surface area contributed by atoms with Crippen molar-refractivity contribution in [1.82, 2.24) is 14.3 Å². The number of aldehydes is 1. The Balaban J connectivity index is 1.46. The van der Waals surface area contributed by atoms with Crippen LogP contribution >= 0.6 is 11.8 Å². The zero-order valence-corrected chi connectivity index (χ0v) is 19.6. The summed E-state index contributed by atoms with van der Waals surface area (Å²) in [5.74, 6) is 0.618. The summed E-state index contributed by atoms with van der Waals surface area (Å²) in [5, 5.41) is 0.863. The molecule has 0 N–H and O–H groups in total. The van der Waals surface area contributed by atoms with Gasteiger partial charge in [0.15, 0.2) is 0 Å². The molecule has 4 rings (SSSR count). The quantitative estimate of drug-likeness (QED) is 0.404. The normalized spacial score (nSPS) is 15.0. The van der Waals surface area contributed by atoms with E-state index in [4.69, 9.17) is 4.98 Å². The van der Waals surface area contributed by atoms with E-state index < -0.39 is 10.0 Å². The number of piperazine rings is 1. The van der Waals surface area contributed by atoms with Gasteiger partial charge in [-0.25, -0.2) is 18.4 Å². The van der Waals surface area contributed by atoms with Gasteiger partial charge >= 0.3 is 0 Å². The monoisotopic (exact) mass is 468 g/mol. The molecule has 7 nitrogen and oxygen atoms in total. The summed E-state index contributed by atoms with van der Waals surface area (Å²) in [6.45, 7) is 5.69. The molecule has 2 aromatic carbocycles. The molecule has 1 aliphatic rings. The number of hydrogen-bond acceptors (Lipinski definition) is 7. The number of carbonyl (C=O) groups is 1. The van der Waals surface area contributed by atoms with Crippen LogP contribution in [-0.2, 0) is 10.0 Å². The van der Waals surface area contributed by atoms with Gasteiger partial charge in [-0.05, 0) is 44.2 Å². The summed E-state index contributed by atoms with van der Waals surface area (Å²) in [6, 6.07) is 16.2. The van der Waals surface area contributed by atoms with E-state index in [1.807, 2.05) is 17.9 Å². The van der Waals surface area contributed by atoms with Crippen molar-refractivity contribution < 1.29 is 13.2 Å². The number of carbonyl (C=O) groups excluding carboxylic acids is 1. The van der Waals surface area contributed by atoms with Crippen LogP contribution in [0.25, 0.3) is 0 Å². The van der Waals surface area contributed by atoms with Crippen LogP contribution in [0.4, 0.5) is 5.95 Å². The number of aromatic nitrogens is 2. The molecule has 0 spiro atoms. The molecule has 2 heterocycles. The Bertz CT molecular complexity index is 1200. The predicted molar refractivity (Wildman–Crippen MR) is 125 cm³/mol. The molecule has 0 bridgehead atoms. The Kier molecular flexibility index (Phi) is 6.59. The van der Waals surface area contributed by atoms with Crippen molar-refractivity contribution in [1.29, 1.82) is 0 Å². The Morgan fingerprint density at radius 1 is 0.906 bits per heavy atom. The van der Waals surface area contributed by atoms with Gasteiger partial charge in [0.2, 0.25) is 16.0 Å². The minimum absolute atomic E-state index is 0.195. The van der Waals surface area contributed by atoms with Gasteiger partial charge in [-0.3, -0.25) is 4.79 Å². The Hall–Kier alpha value is -2.75. The third-order valence-corrected chi connectivity index (χ3v) is 8.08. The van der Waals surface area contributed by atoms with Gasteiger partial charge in [0.1, 0.15) is 11.3 Å². The number of sulfonamides is 1. The van der Waals surface area contributed by atoms with Gasteiger partial charge in [-0.1, -0.05) is 41.6 Å². The molecule has 1 fully saturated rings. The highest BCUT2D eigenvalue weighted by atomic mass is 32.2. The van der Waals surface area contributed by atoms with Crippen LogP contribution in [0.3, 0.4) is 0 Å². The molecule has 0 saturated carbocycles. The molecular formula is C23H24N4O3S2. The van der Waals surface area contributed by atoms with E-state index >= 15 is 0 Å². The second-order valence-electron chi connectivity index (χ2n) is 7.64. The summed E-state index contributed by atoms with van der Waals surface area (Å²) >= 11 is 1.58. The number of aryl methyl sites for hydroxylation is 2. The second kappa shape index (κ2) is 9.40. The first-order valence-corrected chi connectivity index (χ1v) is 12.5. The summed E-state index contributed by atoms with van der Waals surface area (Å²) in [5.41, 5.74) is 2.53. The van der Waals surface area contributed by atoms with E-state index in [1.165, 1.54) is 34.1 Å². The largest absolute Gasteiger partial charge is 0.338 e. The Morgan fingerprint density at radius 3 is 2.19 bits per heavy atom. The summed E-state index contributed by atoms with van der Waals surface area (Å²) < 4.78 is 27.4. The lowest BCUT2D eigenvalue weighted by atomic mass is 10.2. The summed E-state index contributed by atoms with van der Waals surface area (Å²) in [7, 11) is -3.61. The van der Waals surface area contributed by atoms with E-state index in [1.54, 1.807) is 11.8 Å². The first kappa shape index (κ1) is 22.4. The smallest absolute Gasteiger partial charge is 0.243 e. The fraction of sp³-hybridized carbons (Fsp3) is 0.261. The maximum Gasteiger partial charge on any atom is 0.243 e. The van der Waals surface area contributed by atoms with Gasteiger partial charge < -0.3 is 4.90 Å². The van der Waals surface area contributed by atoms with E-state index in [9.17, 15) is 13.2 Å². The first-order valence-electron chi connectivity index (χ1n) is 10.3. The van der Waals surface area contributed by atoms with E-state index in [0.29, 0.717) is 44.0 Å². The molecule has 1 aromatic heterocycles. The van der Waals surface area contributed by atoms with Crippen LogP contribution in [-0.4, -0.2) is 55.2 Å². The third-order valence-electron chi connectivity index (χ3n) is 5.24. The van der Waals surface area contributed by atoms with Crippen LogP contribution in [0.1, 0.15) is 21.6 Å². The molecule has 9 heteroatoms. The lowest BCUT2D eigenvalue weighted by Crippen LogP contribution is -2.49. The summed E-state index contributed by atoms with van der Waals surface area (Å²) in [6.07, 6.45) is 0.697. The predicted octanol–water partition coefficient (Wildman–Crippen LogP) is 3.57. The van der Waals surface area contributed by atoms with Gasteiger partial charge in [-0.15, -0.1) is 0 Å². The summed E-state index contributed by atoms with van der Waals surface area (Å²) in [4.78, 5) is 23.4. The van der Waals surface area contributed by atoms with Crippen LogP contribution in [0, 0.1) is 13.8 Å². The minimum atomic E-state index is -3.61.